The van der Waals surface area contributed by atoms with Crippen molar-refractivity contribution < 1.29 is 18.6 Å². The van der Waals surface area contributed by atoms with Gasteiger partial charge in [-0.1, -0.05) is 28.1 Å². The van der Waals surface area contributed by atoms with E-state index in [1.165, 1.54) is 37.4 Å². The lowest BCUT2D eigenvalue weighted by atomic mass is 10.0. The van der Waals surface area contributed by atoms with Crippen LogP contribution in [0.3, 0.4) is 0 Å². The van der Waals surface area contributed by atoms with Crippen LogP contribution < -0.4 is 4.74 Å². The summed E-state index contributed by atoms with van der Waals surface area (Å²) in [5.74, 6) is -0.746. The van der Waals surface area contributed by atoms with Crippen molar-refractivity contribution in [2.75, 3.05) is 7.11 Å². The predicted molar refractivity (Wildman–Crippen MR) is 75.7 cm³/mol. The van der Waals surface area contributed by atoms with Gasteiger partial charge in [0.2, 0.25) is 0 Å². The molecule has 0 aliphatic heterocycles. The van der Waals surface area contributed by atoms with E-state index in [9.17, 15) is 13.9 Å². The summed E-state index contributed by atoms with van der Waals surface area (Å²) in [5.41, 5.74) is 1.31. The van der Waals surface area contributed by atoms with E-state index in [4.69, 9.17) is 4.74 Å². The monoisotopic (exact) mass is 342 g/mol. The molecule has 1 atom stereocenters. The van der Waals surface area contributed by atoms with E-state index in [2.05, 4.69) is 15.9 Å². The molecule has 2 rings (SSSR count). The molecule has 2 aromatic carbocycles. The van der Waals surface area contributed by atoms with Gasteiger partial charge in [-0.15, -0.1) is 0 Å². The van der Waals surface area contributed by atoms with Crippen LogP contribution in [-0.2, 0) is 6.42 Å². The van der Waals surface area contributed by atoms with Gasteiger partial charge < -0.3 is 9.84 Å². The quantitative estimate of drug-likeness (QED) is 0.909. The normalized spacial score (nSPS) is 12.2. The highest BCUT2D eigenvalue weighted by Gasteiger charge is 2.13. The minimum absolute atomic E-state index is 0.0831. The molecule has 0 fully saturated rings. The molecule has 106 valence electrons. The van der Waals surface area contributed by atoms with Crippen molar-refractivity contribution >= 4 is 15.9 Å². The minimum atomic E-state index is -0.828. The van der Waals surface area contributed by atoms with Gasteiger partial charge in [-0.2, -0.15) is 0 Å². The highest BCUT2D eigenvalue weighted by Crippen LogP contribution is 2.27. The lowest BCUT2D eigenvalue weighted by Gasteiger charge is -2.14. The van der Waals surface area contributed by atoms with Crippen molar-refractivity contribution in [3.8, 4) is 5.75 Å². The van der Waals surface area contributed by atoms with Gasteiger partial charge in [0.1, 0.15) is 5.82 Å². The van der Waals surface area contributed by atoms with Crippen LogP contribution in [0.4, 0.5) is 8.78 Å². The first kappa shape index (κ1) is 14.9. The Balaban J connectivity index is 2.21. The zero-order chi connectivity index (χ0) is 14.7. The molecule has 1 unspecified atom stereocenters. The van der Waals surface area contributed by atoms with Gasteiger partial charge in [0.15, 0.2) is 11.6 Å². The summed E-state index contributed by atoms with van der Waals surface area (Å²) in [5, 5.41) is 10.2. The number of benzene rings is 2. The van der Waals surface area contributed by atoms with Crippen molar-refractivity contribution in [1.82, 2.24) is 0 Å². The maximum atomic E-state index is 13.3. The van der Waals surface area contributed by atoms with Gasteiger partial charge in [0, 0.05) is 10.9 Å². The summed E-state index contributed by atoms with van der Waals surface area (Å²) in [6.07, 6.45) is -0.540. The highest BCUT2D eigenvalue weighted by atomic mass is 79.9. The number of hydrogen-bond acceptors (Lipinski definition) is 2. The molecular formula is C15H13BrF2O2. The number of hydrogen-bond donors (Lipinski definition) is 1. The molecule has 1 N–H and O–H groups in total. The van der Waals surface area contributed by atoms with Crippen LogP contribution in [0.15, 0.2) is 40.9 Å². The van der Waals surface area contributed by atoms with E-state index in [-0.39, 0.29) is 18.0 Å². The molecule has 0 saturated heterocycles. The third-order valence-corrected chi connectivity index (χ3v) is 3.73. The number of aliphatic hydroxyl groups excluding tert-OH is 1. The van der Waals surface area contributed by atoms with E-state index in [0.717, 1.165) is 5.56 Å². The van der Waals surface area contributed by atoms with E-state index < -0.39 is 11.9 Å². The second-order valence-electron chi connectivity index (χ2n) is 4.35. The second kappa shape index (κ2) is 6.33. The lowest BCUT2D eigenvalue weighted by Crippen LogP contribution is -2.03. The van der Waals surface area contributed by atoms with E-state index in [1.807, 2.05) is 0 Å². The summed E-state index contributed by atoms with van der Waals surface area (Å²) in [6.45, 7) is 0. The maximum absolute atomic E-state index is 13.3. The van der Waals surface area contributed by atoms with Gasteiger partial charge in [0.05, 0.1) is 13.2 Å². The van der Waals surface area contributed by atoms with Gasteiger partial charge in [-0.25, -0.2) is 8.78 Å². The van der Waals surface area contributed by atoms with Crippen molar-refractivity contribution in [1.29, 1.82) is 0 Å². The Morgan fingerprint density at radius 2 is 1.95 bits per heavy atom. The molecule has 2 aromatic rings. The number of methoxy groups -OCH3 is 1. The maximum Gasteiger partial charge on any atom is 0.165 e. The Morgan fingerprint density at radius 1 is 1.20 bits per heavy atom. The second-order valence-corrected chi connectivity index (χ2v) is 5.20. The lowest BCUT2D eigenvalue weighted by molar-refractivity contribution is 0.177. The largest absolute Gasteiger partial charge is 0.494 e. The molecule has 0 amide bonds. The van der Waals surface area contributed by atoms with Crippen molar-refractivity contribution in [2.45, 2.75) is 12.5 Å². The molecule has 0 bridgehead atoms. The van der Waals surface area contributed by atoms with E-state index in [1.54, 1.807) is 6.07 Å². The molecule has 2 nitrogen and oxygen atoms in total. The fourth-order valence-electron chi connectivity index (χ4n) is 1.90. The molecule has 0 aliphatic rings. The molecule has 0 heterocycles. The first-order valence-electron chi connectivity index (χ1n) is 5.96. The van der Waals surface area contributed by atoms with Gasteiger partial charge >= 0.3 is 0 Å². The van der Waals surface area contributed by atoms with Crippen LogP contribution in [0, 0.1) is 11.6 Å². The Bertz CT molecular complexity index is 617. The first-order valence-corrected chi connectivity index (χ1v) is 6.76. The molecule has 0 saturated carbocycles. The Hall–Kier alpha value is -1.46. The molecule has 0 radical (unpaired) electrons. The van der Waals surface area contributed by atoms with Gasteiger partial charge in [0.25, 0.3) is 0 Å². The van der Waals surface area contributed by atoms with Crippen LogP contribution in [0.25, 0.3) is 0 Å². The van der Waals surface area contributed by atoms with E-state index in [0.29, 0.717) is 10.0 Å². The van der Waals surface area contributed by atoms with Gasteiger partial charge in [-0.05, 0) is 35.4 Å². The molecule has 0 aliphatic carbocycles. The van der Waals surface area contributed by atoms with Gasteiger partial charge in [-0.3, -0.25) is 0 Å². The zero-order valence-electron chi connectivity index (χ0n) is 10.7. The molecule has 5 heteroatoms. The van der Waals surface area contributed by atoms with Crippen molar-refractivity contribution in [3.63, 3.8) is 0 Å². The SMILES string of the molecule is COc1cc(C(O)Cc2ccc(F)cc2Br)ccc1F. The molecule has 0 aromatic heterocycles. The number of rotatable bonds is 4. The smallest absolute Gasteiger partial charge is 0.165 e. The third-order valence-electron chi connectivity index (χ3n) is 2.99. The molecular weight excluding hydrogens is 330 g/mol. The van der Waals surface area contributed by atoms with Crippen LogP contribution in [0.2, 0.25) is 0 Å². The standard InChI is InChI=1S/C15H13BrF2O2/c1-20-15-7-10(3-5-13(15)18)14(19)6-9-2-4-11(17)8-12(9)16/h2-5,7-8,14,19H,6H2,1H3. The average molecular weight is 343 g/mol. The Labute approximate surface area is 124 Å². The summed E-state index contributed by atoms with van der Waals surface area (Å²) in [4.78, 5) is 0. The zero-order valence-corrected chi connectivity index (χ0v) is 12.3. The average Bonchev–Trinajstić information content (AvgIpc) is 2.42. The van der Waals surface area contributed by atoms with Crippen LogP contribution in [0.5, 0.6) is 5.75 Å². The fourth-order valence-corrected chi connectivity index (χ4v) is 2.41. The summed E-state index contributed by atoms with van der Waals surface area (Å²) in [7, 11) is 1.37. The van der Waals surface area contributed by atoms with Crippen molar-refractivity contribution in [3.05, 3.63) is 63.6 Å². The van der Waals surface area contributed by atoms with Crippen LogP contribution in [0.1, 0.15) is 17.2 Å². The molecule has 20 heavy (non-hydrogen) atoms. The Morgan fingerprint density at radius 3 is 2.60 bits per heavy atom. The number of ether oxygens (including phenoxy) is 1. The van der Waals surface area contributed by atoms with Crippen LogP contribution in [-0.4, -0.2) is 12.2 Å². The topological polar surface area (TPSA) is 29.5 Å². The van der Waals surface area contributed by atoms with Crippen molar-refractivity contribution in [2.24, 2.45) is 0 Å². The predicted octanol–water partition coefficient (Wildman–Crippen LogP) is 4.01. The molecule has 0 spiro atoms. The first-order chi connectivity index (χ1) is 9.51. The number of halogens is 3. The number of aliphatic hydroxyl groups is 1. The Kier molecular flexibility index (Phi) is 4.73. The van der Waals surface area contributed by atoms with E-state index >= 15 is 0 Å². The fraction of sp³-hybridized carbons (Fsp3) is 0.200. The summed E-state index contributed by atoms with van der Waals surface area (Å²) >= 11 is 3.25. The summed E-state index contributed by atoms with van der Waals surface area (Å²) in [6, 6.07) is 8.48. The summed E-state index contributed by atoms with van der Waals surface area (Å²) < 4.78 is 31.8. The highest BCUT2D eigenvalue weighted by molar-refractivity contribution is 9.10. The minimum Gasteiger partial charge on any atom is -0.494 e. The van der Waals surface area contributed by atoms with Crippen LogP contribution >= 0.6 is 15.9 Å². The third kappa shape index (κ3) is 3.35.